The largest absolute Gasteiger partial charge is 0.446 e. The molecule has 1 unspecified atom stereocenters. The summed E-state index contributed by atoms with van der Waals surface area (Å²) in [5.74, 6) is 0.463. The van der Waals surface area contributed by atoms with E-state index in [0.717, 1.165) is 12.0 Å². The highest BCUT2D eigenvalue weighted by molar-refractivity contribution is 6.42. The molecular weight excluding hydrogens is 337 g/mol. The van der Waals surface area contributed by atoms with Crippen molar-refractivity contribution in [3.05, 3.63) is 51.7 Å². The Bertz CT molecular complexity index is 686. The second-order valence-corrected chi connectivity index (χ2v) is 6.55. The minimum Gasteiger partial charge on any atom is -0.446 e. The van der Waals surface area contributed by atoms with Gasteiger partial charge < -0.3 is 15.5 Å². The molecule has 0 saturated carbocycles. The first-order valence-electron chi connectivity index (χ1n) is 7.30. The fourth-order valence-electron chi connectivity index (χ4n) is 2.09. The van der Waals surface area contributed by atoms with Crippen LogP contribution in [-0.2, 0) is 6.54 Å². The van der Waals surface area contributed by atoms with E-state index < -0.39 is 0 Å². The number of hydrogen-bond acceptors (Lipinski definition) is 4. The molecule has 0 aliphatic rings. The first-order chi connectivity index (χ1) is 10.9. The second kappa shape index (κ2) is 7.81. The molecule has 0 spiro atoms. The maximum absolute atomic E-state index is 12.1. The molecule has 2 aromatic rings. The van der Waals surface area contributed by atoms with Gasteiger partial charge in [0.2, 0.25) is 5.89 Å². The minimum atomic E-state index is -0.331. The smallest absolute Gasteiger partial charge is 0.273 e. The van der Waals surface area contributed by atoms with Gasteiger partial charge in [0.1, 0.15) is 6.26 Å². The van der Waals surface area contributed by atoms with Crippen molar-refractivity contribution in [1.82, 2.24) is 10.3 Å². The van der Waals surface area contributed by atoms with Crippen LogP contribution in [0.5, 0.6) is 0 Å². The highest BCUT2D eigenvalue weighted by atomic mass is 35.5. The Labute approximate surface area is 145 Å². The summed E-state index contributed by atoms with van der Waals surface area (Å²) in [5, 5.41) is 3.67. The summed E-state index contributed by atoms with van der Waals surface area (Å²) in [6.07, 6.45) is 2.06. The van der Waals surface area contributed by atoms with E-state index in [1.54, 1.807) is 18.2 Å². The van der Waals surface area contributed by atoms with Crippen molar-refractivity contribution in [1.29, 1.82) is 0 Å². The number of aromatic nitrogens is 1. The van der Waals surface area contributed by atoms with E-state index in [1.165, 1.54) is 6.26 Å². The Hall–Kier alpha value is -1.56. The molecule has 5 nitrogen and oxygen atoms in total. The van der Waals surface area contributed by atoms with Crippen LogP contribution in [0.25, 0.3) is 0 Å². The zero-order valence-electron chi connectivity index (χ0n) is 13.0. The van der Waals surface area contributed by atoms with Crippen molar-refractivity contribution < 1.29 is 9.21 Å². The number of oxazole rings is 1. The lowest BCUT2D eigenvalue weighted by Gasteiger charge is -2.09. The highest BCUT2D eigenvalue weighted by Gasteiger charge is 2.17. The third kappa shape index (κ3) is 4.96. The summed E-state index contributed by atoms with van der Waals surface area (Å²) in [4.78, 5) is 16.3. The van der Waals surface area contributed by atoms with Gasteiger partial charge in [-0.25, -0.2) is 4.98 Å². The number of nitrogens with one attached hydrogen (secondary N) is 1. The van der Waals surface area contributed by atoms with Gasteiger partial charge in [0.15, 0.2) is 5.69 Å². The Morgan fingerprint density at radius 3 is 2.74 bits per heavy atom. The van der Waals surface area contributed by atoms with Gasteiger partial charge in [0.05, 0.1) is 16.1 Å². The average molecular weight is 356 g/mol. The summed E-state index contributed by atoms with van der Waals surface area (Å²) in [7, 11) is 0. The van der Waals surface area contributed by atoms with E-state index in [0.29, 0.717) is 28.4 Å². The van der Waals surface area contributed by atoms with Crippen LogP contribution in [0.15, 0.2) is 28.9 Å². The van der Waals surface area contributed by atoms with Gasteiger partial charge >= 0.3 is 0 Å². The standard InChI is InChI=1S/C16H19Cl2N3O2/c1-9(2)5-13(19)16-21-14(8-23-16)15(22)20-7-10-3-4-11(17)12(18)6-10/h3-4,6,8-9,13H,5,7,19H2,1-2H3,(H,20,22). The third-order valence-electron chi connectivity index (χ3n) is 3.23. The molecule has 0 saturated heterocycles. The molecule has 0 bridgehead atoms. The summed E-state index contributed by atoms with van der Waals surface area (Å²) in [5.41, 5.74) is 7.04. The molecule has 23 heavy (non-hydrogen) atoms. The number of benzene rings is 1. The first-order valence-corrected chi connectivity index (χ1v) is 8.05. The normalized spacial score (nSPS) is 12.4. The monoisotopic (exact) mass is 355 g/mol. The molecule has 0 fully saturated rings. The minimum absolute atomic E-state index is 0.208. The number of hydrogen-bond donors (Lipinski definition) is 2. The van der Waals surface area contributed by atoms with Crippen LogP contribution in [0, 0.1) is 5.92 Å². The lowest BCUT2D eigenvalue weighted by molar-refractivity contribution is 0.0946. The molecule has 0 radical (unpaired) electrons. The Morgan fingerprint density at radius 2 is 2.09 bits per heavy atom. The van der Waals surface area contributed by atoms with E-state index in [9.17, 15) is 4.79 Å². The molecule has 0 aliphatic heterocycles. The van der Waals surface area contributed by atoms with Crippen LogP contribution in [-0.4, -0.2) is 10.9 Å². The lowest BCUT2D eigenvalue weighted by atomic mass is 10.0. The maximum Gasteiger partial charge on any atom is 0.273 e. The van der Waals surface area contributed by atoms with Crippen molar-refractivity contribution >= 4 is 29.1 Å². The maximum atomic E-state index is 12.1. The van der Waals surface area contributed by atoms with Crippen LogP contribution in [0.3, 0.4) is 0 Å². The molecule has 1 atom stereocenters. The zero-order valence-corrected chi connectivity index (χ0v) is 14.5. The fraction of sp³-hybridized carbons (Fsp3) is 0.375. The van der Waals surface area contributed by atoms with Crippen LogP contribution in [0.4, 0.5) is 0 Å². The first kappa shape index (κ1) is 17.8. The van der Waals surface area contributed by atoms with Gasteiger partial charge in [-0.1, -0.05) is 43.1 Å². The summed E-state index contributed by atoms with van der Waals surface area (Å²) in [6, 6.07) is 4.87. The van der Waals surface area contributed by atoms with Crippen molar-refractivity contribution in [3.8, 4) is 0 Å². The van der Waals surface area contributed by atoms with Crippen molar-refractivity contribution in [2.75, 3.05) is 0 Å². The molecule has 2 rings (SSSR count). The average Bonchev–Trinajstić information content (AvgIpc) is 2.97. The highest BCUT2D eigenvalue weighted by Crippen LogP contribution is 2.22. The Morgan fingerprint density at radius 1 is 1.35 bits per heavy atom. The van der Waals surface area contributed by atoms with Gasteiger partial charge in [-0.05, 0) is 30.0 Å². The molecule has 1 amide bonds. The number of nitrogens with two attached hydrogens (primary N) is 1. The van der Waals surface area contributed by atoms with Gasteiger partial charge in [-0.2, -0.15) is 0 Å². The molecular formula is C16H19Cl2N3O2. The molecule has 1 heterocycles. The predicted octanol–water partition coefficient (Wildman–Crippen LogP) is 3.96. The van der Waals surface area contributed by atoms with Crippen LogP contribution in [0.2, 0.25) is 10.0 Å². The lowest BCUT2D eigenvalue weighted by Crippen LogP contribution is -2.23. The second-order valence-electron chi connectivity index (χ2n) is 5.74. The molecule has 1 aromatic carbocycles. The van der Waals surface area contributed by atoms with E-state index >= 15 is 0 Å². The number of amides is 1. The van der Waals surface area contributed by atoms with Crippen LogP contribution >= 0.6 is 23.2 Å². The predicted molar refractivity (Wildman–Crippen MR) is 90.5 cm³/mol. The number of nitrogens with zero attached hydrogens (tertiary/aromatic N) is 1. The molecule has 124 valence electrons. The number of halogens is 2. The molecule has 1 aromatic heterocycles. The van der Waals surface area contributed by atoms with Gasteiger partial charge in [-0.15, -0.1) is 0 Å². The fourth-order valence-corrected chi connectivity index (χ4v) is 2.41. The molecule has 7 heteroatoms. The summed E-state index contributed by atoms with van der Waals surface area (Å²) < 4.78 is 5.30. The summed E-state index contributed by atoms with van der Waals surface area (Å²) >= 11 is 11.8. The Balaban J connectivity index is 1.95. The molecule has 3 N–H and O–H groups in total. The quantitative estimate of drug-likeness (QED) is 0.821. The van der Waals surface area contributed by atoms with E-state index in [4.69, 9.17) is 33.4 Å². The Kier molecular flexibility index (Phi) is 6.04. The zero-order chi connectivity index (χ0) is 17.0. The van der Waals surface area contributed by atoms with E-state index in [2.05, 4.69) is 24.1 Å². The van der Waals surface area contributed by atoms with Gasteiger partial charge in [0, 0.05) is 6.54 Å². The molecule has 0 aliphatic carbocycles. The van der Waals surface area contributed by atoms with Crippen molar-refractivity contribution in [2.24, 2.45) is 11.7 Å². The number of carbonyl (C=O) groups excluding carboxylic acids is 1. The van der Waals surface area contributed by atoms with Gasteiger partial charge in [-0.3, -0.25) is 4.79 Å². The van der Waals surface area contributed by atoms with Crippen LogP contribution < -0.4 is 11.1 Å². The van der Waals surface area contributed by atoms with E-state index in [-0.39, 0.29) is 17.6 Å². The van der Waals surface area contributed by atoms with Crippen molar-refractivity contribution in [2.45, 2.75) is 32.9 Å². The summed E-state index contributed by atoms with van der Waals surface area (Å²) in [6.45, 7) is 4.44. The van der Waals surface area contributed by atoms with Crippen LogP contribution in [0.1, 0.15) is 48.3 Å². The number of carbonyl (C=O) groups is 1. The van der Waals surface area contributed by atoms with E-state index in [1.807, 2.05) is 0 Å². The topological polar surface area (TPSA) is 81.1 Å². The van der Waals surface area contributed by atoms with Crippen molar-refractivity contribution in [3.63, 3.8) is 0 Å². The SMILES string of the molecule is CC(C)CC(N)c1nc(C(=O)NCc2ccc(Cl)c(Cl)c2)co1. The third-order valence-corrected chi connectivity index (χ3v) is 3.97. The number of rotatable bonds is 6. The van der Waals surface area contributed by atoms with Gasteiger partial charge in [0.25, 0.3) is 5.91 Å².